The van der Waals surface area contributed by atoms with Crippen molar-refractivity contribution in [3.8, 4) is 0 Å². The molecule has 0 saturated carbocycles. The molecule has 7 heteroatoms. The van der Waals surface area contributed by atoms with Gasteiger partial charge < -0.3 is 5.73 Å². The van der Waals surface area contributed by atoms with E-state index in [2.05, 4.69) is 0 Å². The lowest BCUT2D eigenvalue weighted by Crippen LogP contribution is -2.06. The molecule has 1 aromatic rings. The Labute approximate surface area is 76.3 Å². The van der Waals surface area contributed by atoms with Crippen molar-refractivity contribution >= 4 is 11.4 Å². The molecule has 0 unspecified atom stereocenters. The Morgan fingerprint density at radius 3 is 2.14 bits per heavy atom. The number of benzene rings is 1. The van der Waals surface area contributed by atoms with Crippen molar-refractivity contribution in [2.75, 3.05) is 5.73 Å². The molecule has 4 nitrogen and oxygen atoms in total. The molecule has 76 valence electrons. The molecule has 0 saturated heterocycles. The topological polar surface area (TPSA) is 69.2 Å². The minimum atomic E-state index is -1.88. The lowest BCUT2D eigenvalue weighted by Gasteiger charge is -2.04. The van der Waals surface area contributed by atoms with Crippen LogP contribution in [0.3, 0.4) is 0 Å². The minimum Gasteiger partial charge on any atom is -0.396 e. The maximum absolute atomic E-state index is 13.0. The smallest absolute Gasteiger partial charge is 0.343 e. The van der Waals surface area contributed by atoms with Gasteiger partial charge in [0.25, 0.3) is 0 Å². The summed E-state index contributed by atoms with van der Waals surface area (Å²) in [5.74, 6) is -4.93. The quantitative estimate of drug-likeness (QED) is 0.330. The third kappa shape index (κ3) is 1.26. The number of rotatable bonds is 1. The van der Waals surface area contributed by atoms with Gasteiger partial charge in [-0.2, -0.15) is 8.78 Å². The Bertz CT molecular complexity index is 391. The Hall–Kier alpha value is -1.79. The lowest BCUT2D eigenvalue weighted by molar-refractivity contribution is -0.390. The van der Waals surface area contributed by atoms with Gasteiger partial charge in [0.05, 0.1) is 10.6 Å². The average Bonchev–Trinajstić information content (AvgIpc) is 2.11. The molecular formula is C7H5F3N2O2. The number of nitrogens with two attached hydrogens (primary N) is 1. The fourth-order valence-electron chi connectivity index (χ4n) is 0.939. The summed E-state index contributed by atoms with van der Waals surface area (Å²) in [6, 6.07) is 0. The van der Waals surface area contributed by atoms with Crippen molar-refractivity contribution in [2.24, 2.45) is 0 Å². The summed E-state index contributed by atoms with van der Waals surface area (Å²) in [5.41, 5.74) is 2.22. The van der Waals surface area contributed by atoms with Crippen LogP contribution >= 0.6 is 0 Å². The van der Waals surface area contributed by atoms with Gasteiger partial charge in [0.15, 0.2) is 5.82 Å². The van der Waals surface area contributed by atoms with E-state index in [1.54, 1.807) is 0 Å². The molecule has 0 spiro atoms. The van der Waals surface area contributed by atoms with Crippen molar-refractivity contribution in [3.05, 3.63) is 33.1 Å². The molecule has 0 aromatic heterocycles. The SMILES string of the molecule is Cc1c(N)c(F)c(F)c([N+](=O)[O-])c1F. The summed E-state index contributed by atoms with van der Waals surface area (Å²) >= 11 is 0. The highest BCUT2D eigenvalue weighted by molar-refractivity contribution is 5.55. The highest BCUT2D eigenvalue weighted by atomic mass is 19.2. The van der Waals surface area contributed by atoms with E-state index in [1.165, 1.54) is 0 Å². The fourth-order valence-corrected chi connectivity index (χ4v) is 0.939. The highest BCUT2D eigenvalue weighted by Gasteiger charge is 2.29. The van der Waals surface area contributed by atoms with Crippen LogP contribution in [-0.4, -0.2) is 4.92 Å². The van der Waals surface area contributed by atoms with E-state index in [1.807, 2.05) is 0 Å². The second kappa shape index (κ2) is 3.17. The molecule has 0 bridgehead atoms. The molecule has 0 fully saturated rings. The molecule has 0 radical (unpaired) electrons. The van der Waals surface area contributed by atoms with Crippen LogP contribution < -0.4 is 5.73 Å². The van der Waals surface area contributed by atoms with Gasteiger partial charge in [-0.1, -0.05) is 0 Å². The predicted molar refractivity (Wildman–Crippen MR) is 42.1 cm³/mol. The zero-order chi connectivity index (χ0) is 11.0. The van der Waals surface area contributed by atoms with Gasteiger partial charge in [-0.3, -0.25) is 10.1 Å². The predicted octanol–water partition coefficient (Wildman–Crippen LogP) is 1.90. The van der Waals surface area contributed by atoms with E-state index in [-0.39, 0.29) is 0 Å². The van der Waals surface area contributed by atoms with Crippen molar-refractivity contribution in [1.82, 2.24) is 0 Å². The lowest BCUT2D eigenvalue weighted by atomic mass is 10.1. The van der Waals surface area contributed by atoms with Gasteiger partial charge in [0.1, 0.15) is 0 Å². The Morgan fingerprint density at radius 1 is 1.21 bits per heavy atom. The van der Waals surface area contributed by atoms with Crippen LogP contribution in [0.5, 0.6) is 0 Å². The highest BCUT2D eigenvalue weighted by Crippen LogP contribution is 2.31. The number of nitrogens with zero attached hydrogens (tertiary/aromatic N) is 1. The summed E-state index contributed by atoms with van der Waals surface area (Å²) in [6.07, 6.45) is 0. The third-order valence-corrected chi connectivity index (χ3v) is 1.76. The van der Waals surface area contributed by atoms with Crippen molar-refractivity contribution in [1.29, 1.82) is 0 Å². The van der Waals surface area contributed by atoms with Crippen LogP contribution in [0, 0.1) is 34.5 Å². The van der Waals surface area contributed by atoms with Crippen LogP contribution in [0.25, 0.3) is 0 Å². The zero-order valence-corrected chi connectivity index (χ0v) is 6.97. The summed E-state index contributed by atoms with van der Waals surface area (Å²) in [4.78, 5) is 8.84. The first-order valence-electron chi connectivity index (χ1n) is 3.44. The molecule has 14 heavy (non-hydrogen) atoms. The second-order valence-corrected chi connectivity index (χ2v) is 2.59. The minimum absolute atomic E-state index is 0.476. The Balaban J connectivity index is 3.68. The summed E-state index contributed by atoms with van der Waals surface area (Å²) < 4.78 is 38.7. The molecule has 1 rings (SSSR count). The van der Waals surface area contributed by atoms with Crippen LogP contribution in [0.2, 0.25) is 0 Å². The van der Waals surface area contributed by atoms with E-state index >= 15 is 0 Å². The molecule has 0 amide bonds. The summed E-state index contributed by atoms with van der Waals surface area (Å²) in [7, 11) is 0. The van der Waals surface area contributed by atoms with E-state index in [0.29, 0.717) is 0 Å². The first-order valence-corrected chi connectivity index (χ1v) is 3.44. The third-order valence-electron chi connectivity index (χ3n) is 1.76. The normalized spacial score (nSPS) is 10.3. The maximum atomic E-state index is 13.0. The second-order valence-electron chi connectivity index (χ2n) is 2.59. The molecular weight excluding hydrogens is 201 g/mol. The average molecular weight is 206 g/mol. The largest absolute Gasteiger partial charge is 0.396 e. The van der Waals surface area contributed by atoms with E-state index in [9.17, 15) is 23.3 Å². The molecule has 2 N–H and O–H groups in total. The number of hydrogen-bond donors (Lipinski definition) is 1. The number of halogens is 3. The molecule has 0 aliphatic rings. The van der Waals surface area contributed by atoms with E-state index < -0.39 is 39.3 Å². The van der Waals surface area contributed by atoms with Gasteiger partial charge in [0.2, 0.25) is 11.6 Å². The number of nitro benzene ring substituents is 1. The van der Waals surface area contributed by atoms with Crippen molar-refractivity contribution in [3.63, 3.8) is 0 Å². The molecule has 0 atom stereocenters. The molecule has 1 aromatic carbocycles. The standard InChI is InChI=1S/C7H5F3N2O2/c1-2-3(8)7(12(13)14)5(10)4(9)6(2)11/h11H2,1H3. The van der Waals surface area contributed by atoms with Crippen molar-refractivity contribution < 1.29 is 18.1 Å². The Morgan fingerprint density at radius 2 is 1.71 bits per heavy atom. The number of anilines is 1. The number of nitro groups is 1. The van der Waals surface area contributed by atoms with Gasteiger partial charge in [-0.15, -0.1) is 0 Å². The monoisotopic (exact) mass is 206 g/mol. The van der Waals surface area contributed by atoms with Crippen LogP contribution in [0.15, 0.2) is 0 Å². The van der Waals surface area contributed by atoms with Gasteiger partial charge in [-0.25, -0.2) is 4.39 Å². The zero-order valence-electron chi connectivity index (χ0n) is 6.97. The van der Waals surface area contributed by atoms with Crippen LogP contribution in [-0.2, 0) is 0 Å². The molecule has 0 aliphatic carbocycles. The number of hydrogen-bond acceptors (Lipinski definition) is 3. The van der Waals surface area contributed by atoms with Gasteiger partial charge >= 0.3 is 5.69 Å². The first kappa shape index (κ1) is 10.3. The Kier molecular flexibility index (Phi) is 2.33. The van der Waals surface area contributed by atoms with Gasteiger partial charge in [-0.05, 0) is 6.92 Å². The summed E-state index contributed by atoms with van der Waals surface area (Å²) in [6.45, 7) is 1.03. The van der Waals surface area contributed by atoms with Crippen molar-refractivity contribution in [2.45, 2.75) is 6.92 Å². The molecule has 0 heterocycles. The van der Waals surface area contributed by atoms with E-state index in [4.69, 9.17) is 5.73 Å². The molecule has 0 aliphatic heterocycles. The van der Waals surface area contributed by atoms with Crippen LogP contribution in [0.1, 0.15) is 5.56 Å². The first-order chi connectivity index (χ1) is 6.37. The fraction of sp³-hybridized carbons (Fsp3) is 0.143. The van der Waals surface area contributed by atoms with E-state index in [0.717, 1.165) is 6.92 Å². The number of nitrogen functional groups attached to an aromatic ring is 1. The maximum Gasteiger partial charge on any atom is 0.343 e. The van der Waals surface area contributed by atoms with Crippen LogP contribution in [0.4, 0.5) is 24.5 Å². The van der Waals surface area contributed by atoms with Gasteiger partial charge in [0, 0.05) is 5.56 Å². The summed E-state index contributed by atoms with van der Waals surface area (Å²) in [5, 5.41) is 10.2.